The Morgan fingerprint density at radius 3 is 2.53 bits per heavy atom. The van der Waals surface area contributed by atoms with Crippen molar-refractivity contribution >= 4 is 57.9 Å². The Balaban J connectivity index is 1.47. The van der Waals surface area contributed by atoms with Gasteiger partial charge in [0.2, 0.25) is 0 Å². The summed E-state index contributed by atoms with van der Waals surface area (Å²) in [4.78, 5) is 49.6. The smallest absolute Gasteiger partial charge is 0.293 e. The van der Waals surface area contributed by atoms with Gasteiger partial charge in [0.25, 0.3) is 22.7 Å². The standard InChI is InChI=1S/C25H18ClN3O6S/c26-18-9-3-4-10-19(18)27-23(30)15-35-21-12-6-2-7-16(21)13-22-24(31)28(25(32)36-22)14-17-8-1-5-11-20(17)29(33)34/h1-13H,14-15H2,(H,27,30)/b22-13-. The van der Waals surface area contributed by atoms with E-state index in [1.807, 2.05) is 0 Å². The van der Waals surface area contributed by atoms with E-state index in [2.05, 4.69) is 5.32 Å². The summed E-state index contributed by atoms with van der Waals surface area (Å²) in [7, 11) is 0. The first-order valence-electron chi connectivity index (χ1n) is 10.6. The topological polar surface area (TPSA) is 119 Å². The first kappa shape index (κ1) is 25.0. The van der Waals surface area contributed by atoms with E-state index in [0.29, 0.717) is 22.0 Å². The quantitative estimate of drug-likeness (QED) is 0.235. The number of amides is 3. The number of para-hydroxylation sites is 3. The van der Waals surface area contributed by atoms with Crippen molar-refractivity contribution in [2.24, 2.45) is 0 Å². The molecule has 0 saturated carbocycles. The zero-order chi connectivity index (χ0) is 25.7. The summed E-state index contributed by atoms with van der Waals surface area (Å²) in [5, 5.41) is 13.8. The number of hydrogen-bond donors (Lipinski definition) is 1. The number of carbonyl (C=O) groups is 3. The van der Waals surface area contributed by atoms with Crippen LogP contribution in [0.3, 0.4) is 0 Å². The van der Waals surface area contributed by atoms with Crippen molar-refractivity contribution in [2.75, 3.05) is 11.9 Å². The summed E-state index contributed by atoms with van der Waals surface area (Å²) < 4.78 is 5.65. The Hall–Kier alpha value is -4.15. The van der Waals surface area contributed by atoms with E-state index in [1.165, 1.54) is 24.3 Å². The summed E-state index contributed by atoms with van der Waals surface area (Å²) in [5.41, 5.74) is 1.02. The second-order valence-corrected chi connectivity index (χ2v) is 8.91. The molecule has 1 N–H and O–H groups in total. The Labute approximate surface area is 214 Å². The van der Waals surface area contributed by atoms with Gasteiger partial charge in [0.05, 0.1) is 27.1 Å². The molecular weight excluding hydrogens is 506 g/mol. The molecule has 3 aromatic rings. The molecule has 9 nitrogen and oxygen atoms in total. The molecule has 1 aliphatic rings. The number of hydrogen-bond acceptors (Lipinski definition) is 7. The van der Waals surface area contributed by atoms with Gasteiger partial charge in [0, 0.05) is 17.2 Å². The minimum atomic E-state index is -0.575. The molecule has 1 fully saturated rings. The summed E-state index contributed by atoms with van der Waals surface area (Å²) in [5.74, 6) is -0.672. The fraction of sp³-hybridized carbons (Fsp3) is 0.0800. The normalized spacial score (nSPS) is 14.2. The summed E-state index contributed by atoms with van der Waals surface area (Å²) in [6, 6.07) is 19.5. The van der Waals surface area contributed by atoms with Crippen molar-refractivity contribution in [1.29, 1.82) is 0 Å². The van der Waals surface area contributed by atoms with E-state index in [9.17, 15) is 24.5 Å². The fourth-order valence-corrected chi connectivity index (χ4v) is 4.41. The highest BCUT2D eigenvalue weighted by atomic mass is 35.5. The van der Waals surface area contributed by atoms with Crippen LogP contribution < -0.4 is 10.1 Å². The summed E-state index contributed by atoms with van der Waals surface area (Å²) >= 11 is 6.78. The van der Waals surface area contributed by atoms with Crippen molar-refractivity contribution < 1.29 is 24.0 Å². The number of nitrogens with zero attached hydrogens (tertiary/aromatic N) is 2. The Morgan fingerprint density at radius 1 is 1.06 bits per heavy atom. The molecule has 1 aliphatic heterocycles. The molecule has 0 spiro atoms. The lowest BCUT2D eigenvalue weighted by Crippen LogP contribution is -2.27. The lowest BCUT2D eigenvalue weighted by molar-refractivity contribution is -0.385. The summed E-state index contributed by atoms with van der Waals surface area (Å²) in [6.07, 6.45) is 1.49. The van der Waals surface area contributed by atoms with E-state index in [0.717, 1.165) is 16.7 Å². The average Bonchev–Trinajstić information content (AvgIpc) is 3.12. The first-order chi connectivity index (χ1) is 17.3. The average molecular weight is 524 g/mol. The van der Waals surface area contributed by atoms with Crippen LogP contribution in [0.4, 0.5) is 16.2 Å². The maximum atomic E-state index is 12.9. The van der Waals surface area contributed by atoms with Crippen LogP contribution >= 0.6 is 23.4 Å². The van der Waals surface area contributed by atoms with E-state index >= 15 is 0 Å². The van der Waals surface area contributed by atoms with E-state index < -0.39 is 22.0 Å². The molecule has 0 radical (unpaired) electrons. The number of nitro benzene ring substituents is 1. The van der Waals surface area contributed by atoms with Crippen LogP contribution in [0.15, 0.2) is 77.7 Å². The van der Waals surface area contributed by atoms with Crippen LogP contribution in [-0.2, 0) is 16.1 Å². The van der Waals surface area contributed by atoms with Crippen molar-refractivity contribution in [2.45, 2.75) is 6.54 Å². The predicted octanol–water partition coefficient (Wildman–Crippen LogP) is 5.50. The highest BCUT2D eigenvalue weighted by Gasteiger charge is 2.36. The van der Waals surface area contributed by atoms with Gasteiger partial charge in [-0.05, 0) is 36.0 Å². The Kier molecular flexibility index (Phi) is 7.67. The molecule has 36 heavy (non-hydrogen) atoms. The zero-order valence-corrected chi connectivity index (χ0v) is 20.1. The van der Waals surface area contributed by atoms with Crippen LogP contribution in [0, 0.1) is 10.1 Å². The van der Waals surface area contributed by atoms with Crippen molar-refractivity contribution in [1.82, 2.24) is 4.90 Å². The van der Waals surface area contributed by atoms with Crippen molar-refractivity contribution in [3.8, 4) is 5.75 Å². The Bertz CT molecular complexity index is 1390. The largest absolute Gasteiger partial charge is 0.483 e. The lowest BCUT2D eigenvalue weighted by atomic mass is 10.1. The molecule has 0 aliphatic carbocycles. The minimum absolute atomic E-state index is 0.134. The number of imide groups is 1. The maximum absolute atomic E-state index is 12.9. The molecule has 0 unspecified atom stereocenters. The van der Waals surface area contributed by atoms with Gasteiger partial charge in [0.15, 0.2) is 6.61 Å². The molecule has 3 amide bonds. The molecule has 0 atom stereocenters. The van der Waals surface area contributed by atoms with Crippen LogP contribution in [0.25, 0.3) is 6.08 Å². The van der Waals surface area contributed by atoms with Gasteiger partial charge < -0.3 is 10.1 Å². The van der Waals surface area contributed by atoms with Crippen LogP contribution in [0.2, 0.25) is 5.02 Å². The van der Waals surface area contributed by atoms with Gasteiger partial charge in [-0.25, -0.2) is 0 Å². The second-order valence-electron chi connectivity index (χ2n) is 7.51. The number of thioether (sulfide) groups is 1. The SMILES string of the molecule is O=C(COc1ccccc1/C=C1\SC(=O)N(Cc2ccccc2[N+](=O)[O-])C1=O)Nc1ccccc1Cl. The molecule has 11 heteroatoms. The number of halogens is 1. The second kappa shape index (κ2) is 11.1. The van der Waals surface area contributed by atoms with E-state index in [-0.39, 0.29) is 29.3 Å². The van der Waals surface area contributed by atoms with Crippen LogP contribution in [0.1, 0.15) is 11.1 Å². The minimum Gasteiger partial charge on any atom is -0.483 e. The number of nitrogens with one attached hydrogen (secondary N) is 1. The molecule has 1 heterocycles. The highest BCUT2D eigenvalue weighted by Crippen LogP contribution is 2.35. The molecule has 1 saturated heterocycles. The number of anilines is 1. The number of rotatable bonds is 8. The van der Waals surface area contributed by atoms with E-state index in [1.54, 1.807) is 54.6 Å². The van der Waals surface area contributed by atoms with Gasteiger partial charge in [-0.3, -0.25) is 29.4 Å². The van der Waals surface area contributed by atoms with Gasteiger partial charge in [-0.1, -0.05) is 60.1 Å². The Morgan fingerprint density at radius 2 is 1.75 bits per heavy atom. The van der Waals surface area contributed by atoms with Crippen molar-refractivity contribution in [3.05, 3.63) is 104 Å². The van der Waals surface area contributed by atoms with Crippen LogP contribution in [-0.4, -0.2) is 33.5 Å². The monoisotopic (exact) mass is 523 g/mol. The molecule has 182 valence electrons. The van der Waals surface area contributed by atoms with Crippen molar-refractivity contribution in [3.63, 3.8) is 0 Å². The molecule has 3 aromatic carbocycles. The zero-order valence-electron chi connectivity index (χ0n) is 18.5. The number of nitro groups is 1. The third-order valence-corrected chi connectivity index (χ3v) is 6.34. The molecule has 0 bridgehead atoms. The predicted molar refractivity (Wildman–Crippen MR) is 137 cm³/mol. The fourth-order valence-electron chi connectivity index (χ4n) is 3.39. The van der Waals surface area contributed by atoms with E-state index in [4.69, 9.17) is 16.3 Å². The van der Waals surface area contributed by atoms with Gasteiger partial charge in [-0.15, -0.1) is 0 Å². The lowest BCUT2D eigenvalue weighted by Gasteiger charge is -2.12. The van der Waals surface area contributed by atoms with Crippen LogP contribution in [0.5, 0.6) is 5.75 Å². The van der Waals surface area contributed by atoms with Gasteiger partial charge >= 0.3 is 0 Å². The molecule has 4 rings (SSSR count). The third-order valence-electron chi connectivity index (χ3n) is 5.10. The highest BCUT2D eigenvalue weighted by molar-refractivity contribution is 8.18. The maximum Gasteiger partial charge on any atom is 0.293 e. The number of carbonyl (C=O) groups excluding carboxylic acids is 3. The molecule has 0 aromatic heterocycles. The first-order valence-corrected chi connectivity index (χ1v) is 11.8. The van der Waals surface area contributed by atoms with Gasteiger partial charge in [0.1, 0.15) is 5.75 Å². The number of ether oxygens (including phenoxy) is 1. The molecular formula is C25H18ClN3O6S. The van der Waals surface area contributed by atoms with Gasteiger partial charge in [-0.2, -0.15) is 0 Å². The summed E-state index contributed by atoms with van der Waals surface area (Å²) in [6.45, 7) is -0.533. The number of benzene rings is 3. The third kappa shape index (κ3) is 5.73.